The second-order valence-corrected chi connectivity index (χ2v) is 3.94. The number of aromatic nitrogens is 2. The third-order valence-electron chi connectivity index (χ3n) is 2.08. The highest BCUT2D eigenvalue weighted by atomic mass is 32.2. The van der Waals surface area contributed by atoms with Gasteiger partial charge in [-0.2, -0.15) is 16.9 Å². The van der Waals surface area contributed by atoms with Crippen LogP contribution >= 0.6 is 11.8 Å². The minimum atomic E-state index is 1.00. The molecule has 1 aromatic carbocycles. The van der Waals surface area contributed by atoms with E-state index < -0.39 is 0 Å². The summed E-state index contributed by atoms with van der Waals surface area (Å²) in [7, 11) is 0. The fourth-order valence-electron chi connectivity index (χ4n) is 1.43. The van der Waals surface area contributed by atoms with Gasteiger partial charge in [0.2, 0.25) is 0 Å². The zero-order valence-electron chi connectivity index (χ0n) is 8.03. The number of hydrogen-bond donors (Lipinski definition) is 1. The van der Waals surface area contributed by atoms with E-state index in [1.165, 1.54) is 11.1 Å². The molecule has 0 aliphatic carbocycles. The van der Waals surface area contributed by atoms with Crippen molar-refractivity contribution in [3.05, 3.63) is 42.1 Å². The molecule has 0 bridgehead atoms. The molecule has 3 heteroatoms. The fraction of sp³-hybridized carbons (Fsp3) is 0.182. The fourth-order valence-corrected chi connectivity index (χ4v) is 1.96. The molecule has 0 atom stereocenters. The number of thioether (sulfide) groups is 1. The average molecular weight is 204 g/mol. The summed E-state index contributed by atoms with van der Waals surface area (Å²) in [5.74, 6) is 1.00. The van der Waals surface area contributed by atoms with Crippen molar-refractivity contribution in [3.63, 3.8) is 0 Å². The molecular weight excluding hydrogens is 192 g/mol. The molecule has 0 aliphatic heterocycles. The van der Waals surface area contributed by atoms with Gasteiger partial charge >= 0.3 is 0 Å². The largest absolute Gasteiger partial charge is 0.278 e. The van der Waals surface area contributed by atoms with E-state index in [0.717, 1.165) is 11.4 Å². The van der Waals surface area contributed by atoms with Gasteiger partial charge in [-0.05, 0) is 11.8 Å². The van der Waals surface area contributed by atoms with Crippen LogP contribution in [0.25, 0.3) is 11.3 Å². The first-order valence-corrected chi connectivity index (χ1v) is 5.88. The van der Waals surface area contributed by atoms with E-state index in [9.17, 15) is 0 Å². The molecule has 2 rings (SSSR count). The van der Waals surface area contributed by atoms with Gasteiger partial charge in [-0.25, -0.2) is 0 Å². The molecule has 0 unspecified atom stereocenters. The van der Waals surface area contributed by atoms with E-state index in [-0.39, 0.29) is 0 Å². The lowest BCUT2D eigenvalue weighted by Gasteiger charge is -2.00. The molecule has 0 amide bonds. The third kappa shape index (κ3) is 1.82. The summed E-state index contributed by atoms with van der Waals surface area (Å²) in [6.45, 7) is 0. The van der Waals surface area contributed by atoms with Crippen molar-refractivity contribution in [3.8, 4) is 11.3 Å². The van der Waals surface area contributed by atoms with Crippen molar-refractivity contribution < 1.29 is 0 Å². The summed E-state index contributed by atoms with van der Waals surface area (Å²) in [4.78, 5) is 0. The van der Waals surface area contributed by atoms with E-state index in [4.69, 9.17) is 0 Å². The zero-order chi connectivity index (χ0) is 9.80. The predicted molar refractivity (Wildman–Crippen MR) is 61.2 cm³/mol. The molecular formula is C11H12N2S. The van der Waals surface area contributed by atoms with Crippen LogP contribution in [0.5, 0.6) is 0 Å². The first-order chi connectivity index (χ1) is 6.92. The summed E-state index contributed by atoms with van der Waals surface area (Å²) < 4.78 is 0. The van der Waals surface area contributed by atoms with Crippen molar-refractivity contribution in [2.24, 2.45) is 0 Å². The Morgan fingerprint density at radius 1 is 1.29 bits per heavy atom. The molecule has 2 aromatic rings. The summed E-state index contributed by atoms with van der Waals surface area (Å²) in [6, 6.07) is 10.3. The van der Waals surface area contributed by atoms with Gasteiger partial charge in [0.25, 0.3) is 0 Å². The van der Waals surface area contributed by atoms with E-state index in [1.807, 2.05) is 36.2 Å². The smallest absolute Gasteiger partial charge is 0.0690 e. The van der Waals surface area contributed by atoms with Gasteiger partial charge in [0.05, 0.1) is 11.9 Å². The number of nitrogens with zero attached hydrogens (tertiary/aromatic N) is 1. The topological polar surface area (TPSA) is 28.7 Å². The molecule has 2 nitrogen and oxygen atoms in total. The molecule has 0 aliphatic rings. The van der Waals surface area contributed by atoms with Gasteiger partial charge in [0.1, 0.15) is 0 Å². The maximum Gasteiger partial charge on any atom is 0.0690 e. The Morgan fingerprint density at radius 2 is 2.07 bits per heavy atom. The Labute approximate surface area is 87.7 Å². The predicted octanol–water partition coefficient (Wildman–Crippen LogP) is 2.94. The Morgan fingerprint density at radius 3 is 2.79 bits per heavy atom. The standard InChI is InChI=1S/C11H12N2S/c1-14-8-10-7-12-13-11(10)9-5-3-2-4-6-9/h2-7H,8H2,1H3,(H,12,13). The molecule has 0 radical (unpaired) electrons. The summed E-state index contributed by atoms with van der Waals surface area (Å²) >= 11 is 1.81. The number of H-pyrrole nitrogens is 1. The number of benzene rings is 1. The number of nitrogens with one attached hydrogen (secondary N) is 1. The molecule has 0 spiro atoms. The SMILES string of the molecule is CSCc1cn[nH]c1-c1ccccc1. The number of rotatable bonds is 3. The molecule has 0 saturated carbocycles. The monoisotopic (exact) mass is 204 g/mol. The van der Waals surface area contributed by atoms with Crippen LogP contribution < -0.4 is 0 Å². The summed E-state index contributed by atoms with van der Waals surface area (Å²) in [6.07, 6.45) is 4.00. The van der Waals surface area contributed by atoms with Gasteiger partial charge in [-0.3, -0.25) is 5.10 Å². The zero-order valence-corrected chi connectivity index (χ0v) is 8.84. The van der Waals surface area contributed by atoms with Gasteiger partial charge in [0, 0.05) is 11.3 Å². The van der Waals surface area contributed by atoms with Gasteiger partial charge < -0.3 is 0 Å². The minimum absolute atomic E-state index is 1.00. The van der Waals surface area contributed by atoms with Crippen molar-refractivity contribution in [2.45, 2.75) is 5.75 Å². The van der Waals surface area contributed by atoms with Gasteiger partial charge in [0.15, 0.2) is 0 Å². The average Bonchev–Trinajstić information content (AvgIpc) is 2.68. The van der Waals surface area contributed by atoms with Crippen molar-refractivity contribution in [1.82, 2.24) is 10.2 Å². The van der Waals surface area contributed by atoms with Crippen LogP contribution in [0.1, 0.15) is 5.56 Å². The van der Waals surface area contributed by atoms with Crippen LogP contribution in [-0.2, 0) is 5.75 Å². The highest BCUT2D eigenvalue weighted by Gasteiger charge is 2.05. The van der Waals surface area contributed by atoms with Crippen LogP contribution in [0.15, 0.2) is 36.5 Å². The van der Waals surface area contributed by atoms with Crippen LogP contribution in [-0.4, -0.2) is 16.5 Å². The van der Waals surface area contributed by atoms with Crippen molar-refractivity contribution >= 4 is 11.8 Å². The maximum atomic E-state index is 4.08. The van der Waals surface area contributed by atoms with Crippen LogP contribution in [0.3, 0.4) is 0 Å². The molecule has 0 fully saturated rings. The Bertz CT molecular complexity index is 395. The second kappa shape index (κ2) is 4.33. The molecule has 1 aromatic heterocycles. The van der Waals surface area contributed by atoms with Crippen molar-refractivity contribution in [1.29, 1.82) is 0 Å². The minimum Gasteiger partial charge on any atom is -0.278 e. The first kappa shape index (κ1) is 9.34. The van der Waals surface area contributed by atoms with E-state index in [0.29, 0.717) is 0 Å². The summed E-state index contributed by atoms with van der Waals surface area (Å²) in [5.41, 5.74) is 3.61. The third-order valence-corrected chi connectivity index (χ3v) is 2.68. The molecule has 72 valence electrons. The lowest BCUT2D eigenvalue weighted by molar-refractivity contribution is 1.10. The molecule has 1 heterocycles. The second-order valence-electron chi connectivity index (χ2n) is 3.07. The molecule has 14 heavy (non-hydrogen) atoms. The van der Waals surface area contributed by atoms with Gasteiger partial charge in [-0.15, -0.1) is 0 Å². The number of hydrogen-bond acceptors (Lipinski definition) is 2. The number of aromatic amines is 1. The van der Waals surface area contributed by atoms with Crippen LogP contribution in [0, 0.1) is 0 Å². The van der Waals surface area contributed by atoms with E-state index in [1.54, 1.807) is 0 Å². The molecule has 0 saturated heterocycles. The maximum absolute atomic E-state index is 4.08. The first-order valence-electron chi connectivity index (χ1n) is 4.48. The lowest BCUT2D eigenvalue weighted by atomic mass is 10.1. The van der Waals surface area contributed by atoms with Crippen molar-refractivity contribution in [2.75, 3.05) is 6.26 Å². The highest BCUT2D eigenvalue weighted by molar-refractivity contribution is 7.97. The Kier molecular flexibility index (Phi) is 2.89. The Balaban J connectivity index is 2.37. The van der Waals surface area contributed by atoms with Crippen LogP contribution in [0.4, 0.5) is 0 Å². The highest BCUT2D eigenvalue weighted by Crippen LogP contribution is 2.23. The quantitative estimate of drug-likeness (QED) is 0.832. The van der Waals surface area contributed by atoms with Gasteiger partial charge in [-0.1, -0.05) is 30.3 Å². The lowest BCUT2D eigenvalue weighted by Crippen LogP contribution is -1.83. The molecule has 1 N–H and O–H groups in total. The van der Waals surface area contributed by atoms with Crippen LogP contribution in [0.2, 0.25) is 0 Å². The van der Waals surface area contributed by atoms with E-state index in [2.05, 4.69) is 28.6 Å². The Hall–Kier alpha value is -1.22. The summed E-state index contributed by atoms with van der Waals surface area (Å²) in [5, 5.41) is 7.12. The normalized spacial score (nSPS) is 10.4. The van der Waals surface area contributed by atoms with E-state index >= 15 is 0 Å².